The Hall–Kier alpha value is -2.13. The minimum absolute atomic E-state index is 0.190. The predicted molar refractivity (Wildman–Crippen MR) is 95.0 cm³/mol. The summed E-state index contributed by atoms with van der Waals surface area (Å²) in [7, 11) is 0. The van der Waals surface area contributed by atoms with Gasteiger partial charge in [0, 0.05) is 45.0 Å². The van der Waals surface area contributed by atoms with Gasteiger partial charge in [-0.25, -0.2) is 4.98 Å². The molecule has 1 aromatic heterocycles. The van der Waals surface area contributed by atoms with Crippen molar-refractivity contribution in [3.05, 3.63) is 22.9 Å². The minimum Gasteiger partial charge on any atom is -0.353 e. The topological polar surface area (TPSA) is 63.5 Å². The number of nitriles is 1. The van der Waals surface area contributed by atoms with Gasteiger partial charge in [-0.2, -0.15) is 5.26 Å². The summed E-state index contributed by atoms with van der Waals surface area (Å²) in [5, 5.41) is 9.43. The number of aryl methyl sites for hydroxylation is 2. The van der Waals surface area contributed by atoms with E-state index in [9.17, 15) is 10.1 Å². The molecule has 1 aliphatic heterocycles. The number of hydrogen-bond acceptors (Lipinski definition) is 5. The largest absolute Gasteiger partial charge is 0.353 e. The van der Waals surface area contributed by atoms with Gasteiger partial charge in [0.25, 0.3) is 0 Å². The quantitative estimate of drug-likeness (QED) is 0.820. The Morgan fingerprint density at radius 3 is 2.42 bits per heavy atom. The van der Waals surface area contributed by atoms with Gasteiger partial charge in [-0.15, -0.1) is 0 Å². The molecular formula is C18H27N5O. The fourth-order valence-corrected chi connectivity index (χ4v) is 3.17. The van der Waals surface area contributed by atoms with Gasteiger partial charge in [-0.1, -0.05) is 0 Å². The molecule has 6 nitrogen and oxygen atoms in total. The van der Waals surface area contributed by atoms with Gasteiger partial charge in [0.2, 0.25) is 5.91 Å². The fraction of sp³-hybridized carbons (Fsp3) is 0.611. The average Bonchev–Trinajstić information content (AvgIpc) is 2.56. The van der Waals surface area contributed by atoms with E-state index in [1.54, 1.807) is 0 Å². The maximum absolute atomic E-state index is 12.2. The van der Waals surface area contributed by atoms with Crippen LogP contribution in [-0.2, 0) is 4.79 Å². The van der Waals surface area contributed by atoms with Gasteiger partial charge in [-0.3, -0.25) is 9.69 Å². The van der Waals surface area contributed by atoms with Gasteiger partial charge in [0.05, 0.1) is 12.1 Å². The highest BCUT2D eigenvalue weighted by atomic mass is 16.2. The summed E-state index contributed by atoms with van der Waals surface area (Å²) >= 11 is 0. The first kappa shape index (κ1) is 18.2. The molecular weight excluding hydrogens is 302 g/mol. The van der Waals surface area contributed by atoms with Crippen molar-refractivity contribution >= 4 is 11.7 Å². The monoisotopic (exact) mass is 329 g/mol. The maximum Gasteiger partial charge on any atom is 0.236 e. The van der Waals surface area contributed by atoms with Gasteiger partial charge < -0.3 is 9.80 Å². The summed E-state index contributed by atoms with van der Waals surface area (Å²) in [5.41, 5.74) is 2.56. The normalized spacial score (nSPS) is 15.2. The van der Waals surface area contributed by atoms with Gasteiger partial charge >= 0.3 is 0 Å². The van der Waals surface area contributed by atoms with Crippen molar-refractivity contribution in [3.8, 4) is 6.07 Å². The molecule has 0 spiro atoms. The van der Waals surface area contributed by atoms with Crippen molar-refractivity contribution in [1.29, 1.82) is 5.26 Å². The zero-order valence-electron chi connectivity index (χ0n) is 15.2. The maximum atomic E-state index is 12.2. The lowest BCUT2D eigenvalue weighted by atomic mass is 10.1. The number of likely N-dealkylation sites (N-methyl/N-ethyl adjacent to an activating group) is 1. The number of carbonyl (C=O) groups excluding carboxylic acids is 1. The number of hydrogen-bond donors (Lipinski definition) is 0. The number of nitrogens with zero attached hydrogens (tertiary/aromatic N) is 5. The van der Waals surface area contributed by atoms with Crippen molar-refractivity contribution in [2.75, 3.05) is 50.7 Å². The lowest BCUT2D eigenvalue weighted by molar-refractivity contribution is -0.132. The van der Waals surface area contributed by atoms with Gasteiger partial charge in [-0.05, 0) is 39.3 Å². The molecule has 0 aliphatic carbocycles. The highest BCUT2D eigenvalue weighted by Crippen LogP contribution is 2.23. The molecule has 0 bridgehead atoms. The van der Waals surface area contributed by atoms with E-state index in [2.05, 4.69) is 20.9 Å². The summed E-state index contributed by atoms with van der Waals surface area (Å²) in [6.07, 6.45) is 0. The van der Waals surface area contributed by atoms with Gasteiger partial charge in [0.1, 0.15) is 11.9 Å². The van der Waals surface area contributed by atoms with Crippen molar-refractivity contribution in [2.24, 2.45) is 0 Å². The summed E-state index contributed by atoms with van der Waals surface area (Å²) in [4.78, 5) is 23.0. The molecule has 24 heavy (non-hydrogen) atoms. The standard InChI is InChI=1S/C18H27N5O/c1-5-22(6-2)17(24)13-21-7-9-23(10-8-21)18-16(12-19)14(3)11-15(4)20-18/h11H,5-10,13H2,1-4H3. The number of aromatic nitrogens is 1. The lowest BCUT2D eigenvalue weighted by Crippen LogP contribution is -2.50. The highest BCUT2D eigenvalue weighted by molar-refractivity contribution is 5.78. The Kier molecular flexibility index (Phi) is 6.16. The summed E-state index contributed by atoms with van der Waals surface area (Å²) in [6, 6.07) is 4.23. The molecule has 1 aromatic rings. The lowest BCUT2D eigenvalue weighted by Gasteiger charge is -2.36. The van der Waals surface area contributed by atoms with E-state index >= 15 is 0 Å². The summed E-state index contributed by atoms with van der Waals surface area (Å²) in [6.45, 7) is 13.1. The molecule has 1 aliphatic rings. The number of rotatable bonds is 5. The second-order valence-corrected chi connectivity index (χ2v) is 6.22. The van der Waals surface area contributed by atoms with Crippen molar-refractivity contribution in [1.82, 2.24) is 14.8 Å². The van der Waals surface area contributed by atoms with Gasteiger partial charge in [0.15, 0.2) is 0 Å². The van der Waals surface area contributed by atoms with E-state index in [1.165, 1.54) is 0 Å². The third-order valence-electron chi connectivity index (χ3n) is 4.58. The van der Waals surface area contributed by atoms with E-state index < -0.39 is 0 Å². The summed E-state index contributed by atoms with van der Waals surface area (Å²) < 4.78 is 0. The molecule has 0 radical (unpaired) electrons. The van der Waals surface area contributed by atoms with Crippen LogP contribution in [0.1, 0.15) is 30.7 Å². The smallest absolute Gasteiger partial charge is 0.236 e. The second-order valence-electron chi connectivity index (χ2n) is 6.22. The Labute approximate surface area is 144 Å². The second kappa shape index (κ2) is 8.11. The zero-order chi connectivity index (χ0) is 17.7. The third kappa shape index (κ3) is 4.04. The SMILES string of the molecule is CCN(CC)C(=O)CN1CCN(c2nc(C)cc(C)c2C#N)CC1. The molecule has 0 aromatic carbocycles. The van der Waals surface area contributed by atoms with E-state index in [4.69, 9.17) is 0 Å². The van der Waals surface area contributed by atoms with Crippen LogP contribution in [0.5, 0.6) is 0 Å². The molecule has 0 saturated carbocycles. The van der Waals surface area contributed by atoms with Crippen LogP contribution in [0.4, 0.5) is 5.82 Å². The van der Waals surface area contributed by atoms with Crippen LogP contribution in [0, 0.1) is 25.2 Å². The van der Waals surface area contributed by atoms with E-state index in [0.29, 0.717) is 12.1 Å². The molecule has 0 N–H and O–H groups in total. The first-order valence-electron chi connectivity index (χ1n) is 8.63. The van der Waals surface area contributed by atoms with Crippen LogP contribution < -0.4 is 4.90 Å². The van der Waals surface area contributed by atoms with E-state index in [-0.39, 0.29) is 5.91 Å². The molecule has 1 fully saturated rings. The molecule has 0 atom stereocenters. The molecule has 6 heteroatoms. The van der Waals surface area contributed by atoms with Crippen molar-refractivity contribution < 1.29 is 4.79 Å². The molecule has 1 amide bonds. The van der Waals surface area contributed by atoms with Crippen molar-refractivity contribution in [3.63, 3.8) is 0 Å². The Bertz CT molecular complexity index is 625. The van der Waals surface area contributed by atoms with E-state index in [0.717, 1.165) is 56.3 Å². The van der Waals surface area contributed by atoms with Crippen LogP contribution >= 0.6 is 0 Å². The number of carbonyl (C=O) groups is 1. The molecule has 1 saturated heterocycles. The number of piperazine rings is 1. The Balaban J connectivity index is 2.01. The van der Waals surface area contributed by atoms with Crippen LogP contribution in [0.25, 0.3) is 0 Å². The van der Waals surface area contributed by atoms with E-state index in [1.807, 2.05) is 38.7 Å². The zero-order valence-corrected chi connectivity index (χ0v) is 15.2. The fourth-order valence-electron chi connectivity index (χ4n) is 3.17. The number of anilines is 1. The third-order valence-corrected chi connectivity index (χ3v) is 4.58. The molecule has 2 heterocycles. The highest BCUT2D eigenvalue weighted by Gasteiger charge is 2.23. The first-order chi connectivity index (χ1) is 11.5. The summed E-state index contributed by atoms with van der Waals surface area (Å²) in [5.74, 6) is 0.973. The van der Waals surface area contributed by atoms with Crippen LogP contribution in [0.2, 0.25) is 0 Å². The van der Waals surface area contributed by atoms with Crippen LogP contribution in [-0.4, -0.2) is 66.5 Å². The minimum atomic E-state index is 0.190. The first-order valence-corrected chi connectivity index (χ1v) is 8.63. The molecule has 130 valence electrons. The molecule has 2 rings (SSSR count). The van der Waals surface area contributed by atoms with Crippen molar-refractivity contribution in [2.45, 2.75) is 27.7 Å². The predicted octanol–water partition coefficient (Wildman–Crippen LogP) is 1.56. The average molecular weight is 329 g/mol. The Morgan fingerprint density at radius 2 is 1.88 bits per heavy atom. The van der Waals surface area contributed by atoms with Crippen LogP contribution in [0.15, 0.2) is 6.07 Å². The van der Waals surface area contributed by atoms with Crippen LogP contribution in [0.3, 0.4) is 0 Å². The Morgan fingerprint density at radius 1 is 1.25 bits per heavy atom. The molecule has 0 unspecified atom stereocenters. The number of pyridine rings is 1. The number of amides is 1.